The summed E-state index contributed by atoms with van der Waals surface area (Å²) in [6.07, 6.45) is -2.69. The average molecular weight is 393 g/mol. The lowest BCUT2D eigenvalue weighted by molar-refractivity contribution is -0.137. The van der Waals surface area contributed by atoms with Crippen molar-refractivity contribution in [3.63, 3.8) is 0 Å². The van der Waals surface area contributed by atoms with Gasteiger partial charge in [-0.15, -0.1) is 0 Å². The fraction of sp³-hybridized carbons (Fsp3) is 0.263. The zero-order chi connectivity index (χ0) is 20.1. The first-order valence-electron chi connectivity index (χ1n) is 8.57. The largest absolute Gasteiger partial charge is 0.484 e. The molecule has 0 radical (unpaired) electrons. The van der Waals surface area contributed by atoms with Crippen molar-refractivity contribution in [1.82, 2.24) is 5.43 Å². The van der Waals surface area contributed by atoms with Crippen molar-refractivity contribution in [3.05, 3.63) is 54.1 Å². The lowest BCUT2D eigenvalue weighted by atomic mass is 10.2. The molecule has 6 nitrogen and oxygen atoms in total. The number of amides is 2. The van der Waals surface area contributed by atoms with Gasteiger partial charge in [0, 0.05) is 17.7 Å². The Morgan fingerprint density at radius 2 is 1.75 bits per heavy atom. The molecule has 1 aliphatic rings. The number of rotatable bonds is 7. The van der Waals surface area contributed by atoms with Crippen LogP contribution in [0.2, 0.25) is 0 Å². The van der Waals surface area contributed by atoms with Crippen molar-refractivity contribution in [2.24, 2.45) is 5.92 Å². The maximum absolute atomic E-state index is 12.7. The number of hydrogen-bond donors (Lipinski definition) is 3. The molecule has 148 valence electrons. The fourth-order valence-corrected chi connectivity index (χ4v) is 2.35. The number of carbonyl (C=O) groups excluding carboxylic acids is 2. The summed E-state index contributed by atoms with van der Waals surface area (Å²) in [5.74, 6) is -0.176. The molecule has 0 aliphatic heterocycles. The third kappa shape index (κ3) is 5.63. The van der Waals surface area contributed by atoms with Crippen molar-refractivity contribution >= 4 is 23.2 Å². The predicted molar refractivity (Wildman–Crippen MR) is 96.5 cm³/mol. The molecule has 2 aromatic carbocycles. The summed E-state index contributed by atoms with van der Waals surface area (Å²) in [7, 11) is 0. The second kappa shape index (κ2) is 8.20. The Morgan fingerprint density at radius 3 is 2.46 bits per heavy atom. The van der Waals surface area contributed by atoms with E-state index in [1.165, 1.54) is 12.1 Å². The summed E-state index contributed by atoms with van der Waals surface area (Å²) in [6.45, 7) is -0.355. The van der Waals surface area contributed by atoms with E-state index < -0.39 is 17.6 Å². The second-order valence-corrected chi connectivity index (χ2v) is 6.33. The maximum Gasteiger partial charge on any atom is 0.416 e. The average Bonchev–Trinajstić information content (AvgIpc) is 3.50. The van der Waals surface area contributed by atoms with Crippen LogP contribution < -0.4 is 20.9 Å². The van der Waals surface area contributed by atoms with Gasteiger partial charge >= 0.3 is 6.18 Å². The third-order valence-corrected chi connectivity index (χ3v) is 3.96. The molecule has 2 aromatic rings. The van der Waals surface area contributed by atoms with Crippen molar-refractivity contribution in [1.29, 1.82) is 0 Å². The molecule has 1 saturated carbocycles. The number of ether oxygens (including phenoxy) is 1. The smallest absolute Gasteiger partial charge is 0.416 e. The summed E-state index contributed by atoms with van der Waals surface area (Å²) < 4.78 is 43.4. The van der Waals surface area contributed by atoms with Crippen LogP contribution in [0.5, 0.6) is 5.75 Å². The van der Waals surface area contributed by atoms with Crippen LogP contribution in [-0.4, -0.2) is 18.4 Å². The van der Waals surface area contributed by atoms with Crippen molar-refractivity contribution < 1.29 is 27.5 Å². The molecule has 0 saturated heterocycles. The maximum atomic E-state index is 12.7. The van der Waals surface area contributed by atoms with E-state index in [9.17, 15) is 22.8 Å². The van der Waals surface area contributed by atoms with E-state index in [2.05, 4.69) is 16.2 Å². The summed E-state index contributed by atoms with van der Waals surface area (Å²) >= 11 is 0. The minimum Gasteiger partial charge on any atom is -0.484 e. The number of alkyl halides is 3. The molecule has 0 spiro atoms. The van der Waals surface area contributed by atoms with Gasteiger partial charge in [0.2, 0.25) is 5.91 Å². The molecule has 1 aliphatic carbocycles. The van der Waals surface area contributed by atoms with Gasteiger partial charge in [0.05, 0.1) is 11.3 Å². The molecular formula is C19H18F3N3O3. The third-order valence-electron chi connectivity index (χ3n) is 3.96. The molecule has 2 amide bonds. The normalized spacial score (nSPS) is 13.5. The van der Waals surface area contributed by atoms with Crippen LogP contribution >= 0.6 is 0 Å². The first-order chi connectivity index (χ1) is 13.3. The van der Waals surface area contributed by atoms with Crippen LogP contribution in [0.4, 0.5) is 24.5 Å². The summed E-state index contributed by atoms with van der Waals surface area (Å²) in [5, 5.41) is 2.77. The summed E-state index contributed by atoms with van der Waals surface area (Å²) in [4.78, 5) is 23.6. The topological polar surface area (TPSA) is 79.5 Å². The fourth-order valence-electron chi connectivity index (χ4n) is 2.35. The van der Waals surface area contributed by atoms with Gasteiger partial charge in [-0.25, -0.2) is 0 Å². The minimum atomic E-state index is -4.47. The molecule has 3 rings (SSSR count). The Bertz CT molecular complexity index is 867. The zero-order valence-electron chi connectivity index (χ0n) is 14.7. The minimum absolute atomic E-state index is 0.0415. The molecule has 1 fully saturated rings. The Balaban J connectivity index is 1.47. The predicted octanol–water partition coefficient (Wildman–Crippen LogP) is 3.58. The van der Waals surface area contributed by atoms with Crippen LogP contribution in [-0.2, 0) is 15.8 Å². The summed E-state index contributed by atoms with van der Waals surface area (Å²) in [5.41, 5.74) is 4.51. The molecule has 0 heterocycles. The Morgan fingerprint density at radius 1 is 1.04 bits per heavy atom. The van der Waals surface area contributed by atoms with E-state index >= 15 is 0 Å². The molecule has 3 N–H and O–H groups in total. The van der Waals surface area contributed by atoms with Gasteiger partial charge in [-0.1, -0.05) is 12.1 Å². The van der Waals surface area contributed by atoms with E-state index in [4.69, 9.17) is 4.74 Å². The zero-order valence-corrected chi connectivity index (χ0v) is 14.7. The SMILES string of the molecule is O=C(COc1cccc(NC(=O)C2CC2)c1)NNc1cccc(C(F)(F)F)c1. The van der Waals surface area contributed by atoms with Gasteiger partial charge in [-0.05, 0) is 43.2 Å². The first-order valence-corrected chi connectivity index (χ1v) is 8.57. The molecule has 0 unspecified atom stereocenters. The molecule has 28 heavy (non-hydrogen) atoms. The molecule has 0 aromatic heterocycles. The van der Waals surface area contributed by atoms with Gasteiger partial charge in [0.15, 0.2) is 6.61 Å². The van der Waals surface area contributed by atoms with Gasteiger partial charge in [0.25, 0.3) is 5.91 Å². The highest BCUT2D eigenvalue weighted by Gasteiger charge is 2.30. The number of hydrazine groups is 1. The summed E-state index contributed by atoms with van der Waals surface area (Å²) in [6, 6.07) is 11.0. The number of benzene rings is 2. The van der Waals surface area contributed by atoms with Crippen molar-refractivity contribution in [2.75, 3.05) is 17.3 Å². The van der Waals surface area contributed by atoms with Crippen molar-refractivity contribution in [3.8, 4) is 5.75 Å². The highest BCUT2D eigenvalue weighted by atomic mass is 19.4. The van der Waals surface area contributed by atoms with Crippen LogP contribution in [0.15, 0.2) is 48.5 Å². The van der Waals surface area contributed by atoms with Crippen LogP contribution in [0.3, 0.4) is 0 Å². The van der Waals surface area contributed by atoms with E-state index in [0.29, 0.717) is 11.4 Å². The monoisotopic (exact) mass is 393 g/mol. The van der Waals surface area contributed by atoms with Crippen LogP contribution in [0.25, 0.3) is 0 Å². The van der Waals surface area contributed by atoms with Gasteiger partial charge in [-0.3, -0.25) is 20.4 Å². The van der Waals surface area contributed by atoms with E-state index in [1.807, 2.05) is 0 Å². The highest BCUT2D eigenvalue weighted by Crippen LogP contribution is 2.31. The number of carbonyl (C=O) groups is 2. The number of hydrogen-bond acceptors (Lipinski definition) is 4. The van der Waals surface area contributed by atoms with E-state index in [0.717, 1.165) is 25.0 Å². The lowest BCUT2D eigenvalue weighted by Crippen LogP contribution is -2.33. The first kappa shape index (κ1) is 19.5. The Kier molecular flexibility index (Phi) is 5.72. The lowest BCUT2D eigenvalue weighted by Gasteiger charge is -2.12. The number of nitrogens with one attached hydrogen (secondary N) is 3. The van der Waals surface area contributed by atoms with Crippen LogP contribution in [0.1, 0.15) is 18.4 Å². The number of anilines is 2. The molecule has 9 heteroatoms. The Hall–Kier alpha value is -3.23. The Labute approximate surface area is 159 Å². The van der Waals surface area contributed by atoms with E-state index in [-0.39, 0.29) is 24.1 Å². The molecular weight excluding hydrogens is 375 g/mol. The van der Waals surface area contributed by atoms with Gasteiger partial charge < -0.3 is 10.1 Å². The second-order valence-electron chi connectivity index (χ2n) is 6.33. The molecule has 0 bridgehead atoms. The van der Waals surface area contributed by atoms with Crippen molar-refractivity contribution in [2.45, 2.75) is 19.0 Å². The number of halogens is 3. The van der Waals surface area contributed by atoms with E-state index in [1.54, 1.807) is 24.3 Å². The standard InChI is InChI=1S/C19H18F3N3O3/c20-19(21,22)13-3-1-5-15(9-13)24-25-17(26)11-28-16-6-2-4-14(10-16)23-18(27)12-7-8-12/h1-6,9-10,12,24H,7-8,11H2,(H,23,27)(H,25,26). The quantitative estimate of drug-likeness (QED) is 0.629. The molecule has 0 atom stereocenters. The van der Waals surface area contributed by atoms with Gasteiger partial charge in [-0.2, -0.15) is 13.2 Å². The highest BCUT2D eigenvalue weighted by molar-refractivity contribution is 5.94. The van der Waals surface area contributed by atoms with Gasteiger partial charge in [0.1, 0.15) is 5.75 Å². The van der Waals surface area contributed by atoms with Crippen LogP contribution in [0, 0.1) is 5.92 Å².